The van der Waals surface area contributed by atoms with Crippen molar-refractivity contribution in [1.82, 2.24) is 15.5 Å². The van der Waals surface area contributed by atoms with Gasteiger partial charge in [-0.1, -0.05) is 24.6 Å². The smallest absolute Gasteiger partial charge is 0.240 e. The highest BCUT2D eigenvalue weighted by molar-refractivity contribution is 6.32. The van der Waals surface area contributed by atoms with Crippen LogP contribution in [-0.2, 0) is 11.3 Å². The van der Waals surface area contributed by atoms with E-state index in [1.165, 1.54) is 5.56 Å². The lowest BCUT2D eigenvalue weighted by Gasteiger charge is -2.43. The first-order valence-corrected chi connectivity index (χ1v) is 9.61. The molecule has 0 aliphatic carbocycles. The molecule has 1 aromatic rings. The van der Waals surface area contributed by atoms with Crippen molar-refractivity contribution < 1.29 is 9.53 Å². The molecule has 0 radical (unpaired) electrons. The number of likely N-dealkylation sites (tertiary alicyclic amines) is 1. The van der Waals surface area contributed by atoms with E-state index in [1.807, 2.05) is 19.1 Å². The highest BCUT2D eigenvalue weighted by Gasteiger charge is 2.42. The standard InChI is InChI=1S/C19H28ClN3O2/c1-3-14(2)25-17-5-4-15(12-16(17)20)13-23-10-6-19(7-11-23)18(24)21-8-9-22-19/h4-5,12,14,22H,3,6-11,13H2,1-2H3,(H,21,24)/t14-/m0/s1. The van der Waals surface area contributed by atoms with E-state index in [0.717, 1.165) is 57.7 Å². The maximum atomic E-state index is 12.2. The molecule has 2 fully saturated rings. The van der Waals surface area contributed by atoms with Gasteiger partial charge in [0.2, 0.25) is 5.91 Å². The molecule has 2 aliphatic heterocycles. The van der Waals surface area contributed by atoms with E-state index < -0.39 is 0 Å². The Hall–Kier alpha value is -1.30. The van der Waals surface area contributed by atoms with Crippen LogP contribution in [0.15, 0.2) is 18.2 Å². The first kappa shape index (κ1) is 18.5. The van der Waals surface area contributed by atoms with Gasteiger partial charge in [0.1, 0.15) is 11.3 Å². The average Bonchev–Trinajstić information content (AvgIpc) is 2.62. The van der Waals surface area contributed by atoms with Crippen LogP contribution in [0.3, 0.4) is 0 Å². The van der Waals surface area contributed by atoms with Crippen molar-refractivity contribution in [3.05, 3.63) is 28.8 Å². The van der Waals surface area contributed by atoms with E-state index in [-0.39, 0.29) is 17.6 Å². The van der Waals surface area contributed by atoms with Crippen LogP contribution in [0.25, 0.3) is 0 Å². The van der Waals surface area contributed by atoms with E-state index in [0.29, 0.717) is 5.02 Å². The highest BCUT2D eigenvalue weighted by atomic mass is 35.5. The Balaban J connectivity index is 1.57. The van der Waals surface area contributed by atoms with Crippen molar-refractivity contribution in [1.29, 1.82) is 0 Å². The van der Waals surface area contributed by atoms with Gasteiger partial charge in [-0.05, 0) is 43.9 Å². The molecule has 1 spiro atoms. The van der Waals surface area contributed by atoms with Crippen LogP contribution < -0.4 is 15.4 Å². The zero-order valence-corrected chi connectivity index (χ0v) is 15.9. The van der Waals surface area contributed by atoms with Gasteiger partial charge in [-0.3, -0.25) is 9.69 Å². The van der Waals surface area contributed by atoms with E-state index in [9.17, 15) is 4.79 Å². The average molecular weight is 366 g/mol. The third-order valence-corrected chi connectivity index (χ3v) is 5.62. The van der Waals surface area contributed by atoms with Gasteiger partial charge in [-0.2, -0.15) is 0 Å². The minimum absolute atomic E-state index is 0.160. The predicted octanol–water partition coefficient (Wildman–Crippen LogP) is 2.57. The van der Waals surface area contributed by atoms with Crippen LogP contribution in [0.5, 0.6) is 5.75 Å². The summed E-state index contributed by atoms with van der Waals surface area (Å²) >= 11 is 6.38. The topological polar surface area (TPSA) is 53.6 Å². The first-order chi connectivity index (χ1) is 12.0. The molecule has 3 rings (SSSR count). The van der Waals surface area contributed by atoms with E-state index >= 15 is 0 Å². The third kappa shape index (κ3) is 4.27. The van der Waals surface area contributed by atoms with Crippen LogP contribution >= 0.6 is 11.6 Å². The molecule has 5 nitrogen and oxygen atoms in total. The van der Waals surface area contributed by atoms with Crippen molar-refractivity contribution >= 4 is 17.5 Å². The number of ether oxygens (including phenoxy) is 1. The fourth-order valence-electron chi connectivity index (χ4n) is 3.52. The lowest BCUT2D eigenvalue weighted by Crippen LogP contribution is -2.66. The van der Waals surface area contributed by atoms with Gasteiger partial charge in [-0.15, -0.1) is 0 Å². The Morgan fingerprint density at radius 1 is 1.32 bits per heavy atom. The number of nitrogens with zero attached hydrogens (tertiary/aromatic N) is 1. The summed E-state index contributed by atoms with van der Waals surface area (Å²) in [5, 5.41) is 7.09. The summed E-state index contributed by atoms with van der Waals surface area (Å²) in [5.41, 5.74) is 0.818. The second kappa shape index (κ2) is 7.94. The normalized spacial score (nSPS) is 21.8. The van der Waals surface area contributed by atoms with E-state index in [2.05, 4.69) is 28.5 Å². The van der Waals surface area contributed by atoms with Gasteiger partial charge < -0.3 is 15.4 Å². The number of rotatable bonds is 5. The Kier molecular flexibility index (Phi) is 5.87. The van der Waals surface area contributed by atoms with Gasteiger partial charge >= 0.3 is 0 Å². The quantitative estimate of drug-likeness (QED) is 0.842. The number of hydrogen-bond donors (Lipinski definition) is 2. The summed E-state index contributed by atoms with van der Waals surface area (Å²) in [6.07, 6.45) is 2.81. The zero-order valence-electron chi connectivity index (χ0n) is 15.1. The Bertz CT molecular complexity index is 615. The molecule has 2 heterocycles. The van der Waals surface area contributed by atoms with Gasteiger partial charge in [0.25, 0.3) is 0 Å². The molecule has 138 valence electrons. The van der Waals surface area contributed by atoms with Crippen LogP contribution in [0.2, 0.25) is 5.02 Å². The fourth-order valence-corrected chi connectivity index (χ4v) is 3.77. The van der Waals surface area contributed by atoms with Crippen molar-refractivity contribution in [2.24, 2.45) is 0 Å². The summed E-state index contributed by atoms with van der Waals surface area (Å²) in [7, 11) is 0. The van der Waals surface area contributed by atoms with E-state index in [1.54, 1.807) is 0 Å². The Morgan fingerprint density at radius 3 is 2.72 bits per heavy atom. The van der Waals surface area contributed by atoms with E-state index in [4.69, 9.17) is 16.3 Å². The molecule has 2 aliphatic rings. The number of halogens is 1. The SMILES string of the molecule is CC[C@H](C)Oc1ccc(CN2CCC3(CC2)NCCNC3=O)cc1Cl. The number of benzene rings is 1. The molecule has 25 heavy (non-hydrogen) atoms. The van der Waals surface area contributed by atoms with Gasteiger partial charge in [0.05, 0.1) is 11.1 Å². The molecule has 1 atom stereocenters. The highest BCUT2D eigenvalue weighted by Crippen LogP contribution is 2.29. The molecular weight excluding hydrogens is 338 g/mol. The van der Waals surface area contributed by atoms with Crippen molar-refractivity contribution in [2.75, 3.05) is 26.2 Å². The largest absolute Gasteiger partial charge is 0.489 e. The summed E-state index contributed by atoms with van der Waals surface area (Å²) in [6.45, 7) is 8.39. The number of carbonyl (C=O) groups excluding carboxylic acids is 1. The number of amides is 1. The number of piperidine rings is 1. The monoisotopic (exact) mass is 365 g/mol. The lowest BCUT2D eigenvalue weighted by atomic mass is 9.85. The third-order valence-electron chi connectivity index (χ3n) is 5.32. The van der Waals surface area contributed by atoms with Crippen LogP contribution in [-0.4, -0.2) is 48.6 Å². The van der Waals surface area contributed by atoms with Gasteiger partial charge in [-0.25, -0.2) is 0 Å². The van der Waals surface area contributed by atoms with Crippen LogP contribution in [0.4, 0.5) is 0 Å². The minimum Gasteiger partial charge on any atom is -0.489 e. The number of piperazine rings is 1. The molecule has 0 saturated carbocycles. The summed E-state index contributed by atoms with van der Waals surface area (Å²) < 4.78 is 5.83. The molecule has 1 amide bonds. The summed E-state index contributed by atoms with van der Waals surface area (Å²) in [6, 6.07) is 6.04. The molecule has 0 bridgehead atoms. The molecule has 2 N–H and O–H groups in total. The molecule has 1 aromatic carbocycles. The Labute approximate surface area is 155 Å². The summed E-state index contributed by atoms with van der Waals surface area (Å²) in [5.74, 6) is 0.911. The predicted molar refractivity (Wildman–Crippen MR) is 100 cm³/mol. The maximum absolute atomic E-state index is 12.2. The maximum Gasteiger partial charge on any atom is 0.240 e. The minimum atomic E-state index is -0.361. The second-order valence-electron chi connectivity index (χ2n) is 7.14. The van der Waals surface area contributed by atoms with Gasteiger partial charge in [0, 0.05) is 32.7 Å². The van der Waals surface area contributed by atoms with Crippen molar-refractivity contribution in [3.8, 4) is 5.75 Å². The number of carbonyl (C=O) groups is 1. The molecule has 0 unspecified atom stereocenters. The zero-order chi connectivity index (χ0) is 17.9. The second-order valence-corrected chi connectivity index (χ2v) is 7.55. The fraction of sp³-hybridized carbons (Fsp3) is 0.632. The Morgan fingerprint density at radius 2 is 2.08 bits per heavy atom. The molecule has 6 heteroatoms. The molecule has 2 saturated heterocycles. The summed E-state index contributed by atoms with van der Waals surface area (Å²) in [4.78, 5) is 14.6. The van der Waals surface area contributed by atoms with Crippen molar-refractivity contribution in [3.63, 3.8) is 0 Å². The molecular formula is C19H28ClN3O2. The van der Waals surface area contributed by atoms with Crippen molar-refractivity contribution in [2.45, 2.75) is 51.3 Å². The van der Waals surface area contributed by atoms with Crippen LogP contribution in [0, 0.1) is 0 Å². The molecule has 0 aromatic heterocycles. The number of hydrogen-bond acceptors (Lipinski definition) is 4. The number of nitrogens with one attached hydrogen (secondary N) is 2. The first-order valence-electron chi connectivity index (χ1n) is 9.23. The lowest BCUT2D eigenvalue weighted by molar-refractivity contribution is -0.131. The van der Waals surface area contributed by atoms with Crippen LogP contribution in [0.1, 0.15) is 38.7 Å². The van der Waals surface area contributed by atoms with Gasteiger partial charge in [0.15, 0.2) is 0 Å².